The van der Waals surface area contributed by atoms with Crippen LogP contribution in [0.25, 0.3) is 0 Å². The molecule has 6 nitrogen and oxygen atoms in total. The van der Waals surface area contributed by atoms with Crippen LogP contribution in [0.4, 0.5) is 5.69 Å². The zero-order valence-corrected chi connectivity index (χ0v) is 13.5. The highest BCUT2D eigenvalue weighted by Gasteiger charge is 2.34. The molecule has 6 heteroatoms. The van der Waals surface area contributed by atoms with E-state index in [1.807, 2.05) is 6.07 Å². The topological polar surface area (TPSA) is 78.9 Å². The molecule has 124 valence electrons. The minimum atomic E-state index is -1.02. The molecular formula is C17H22N2O4. The summed E-state index contributed by atoms with van der Waals surface area (Å²) in [4.78, 5) is 25.3. The summed E-state index contributed by atoms with van der Waals surface area (Å²) in [6.45, 7) is 6.71. The second kappa shape index (κ2) is 6.29. The number of aromatic carboxylic acids is 1. The number of carboxylic acids is 1. The van der Waals surface area contributed by atoms with Gasteiger partial charge in [-0.15, -0.1) is 0 Å². The van der Waals surface area contributed by atoms with Gasteiger partial charge in [0, 0.05) is 26.1 Å². The van der Waals surface area contributed by atoms with E-state index in [0.29, 0.717) is 11.6 Å². The summed E-state index contributed by atoms with van der Waals surface area (Å²) in [5, 5.41) is 12.1. The second-order valence-electron chi connectivity index (χ2n) is 6.31. The third-order valence-electron chi connectivity index (χ3n) is 4.72. The number of amides is 1. The van der Waals surface area contributed by atoms with Gasteiger partial charge in [0.05, 0.1) is 24.5 Å². The number of carbonyl (C=O) groups excluding carboxylic acids is 1. The molecule has 0 aromatic heterocycles. The molecule has 1 heterocycles. The Kier molecular flexibility index (Phi) is 4.37. The highest BCUT2D eigenvalue weighted by atomic mass is 16.5. The number of benzene rings is 1. The molecule has 2 atom stereocenters. The predicted molar refractivity (Wildman–Crippen MR) is 85.9 cm³/mol. The van der Waals surface area contributed by atoms with Crippen LogP contribution in [0.3, 0.4) is 0 Å². The van der Waals surface area contributed by atoms with E-state index in [0.717, 1.165) is 43.9 Å². The number of rotatable bonds is 3. The summed E-state index contributed by atoms with van der Waals surface area (Å²) in [6.07, 6.45) is 0.970. The summed E-state index contributed by atoms with van der Waals surface area (Å²) >= 11 is 0. The molecule has 1 aliphatic heterocycles. The van der Waals surface area contributed by atoms with Gasteiger partial charge < -0.3 is 15.2 Å². The fraction of sp³-hybridized carbons (Fsp3) is 0.529. The van der Waals surface area contributed by atoms with E-state index >= 15 is 0 Å². The van der Waals surface area contributed by atoms with E-state index in [2.05, 4.69) is 17.1 Å². The van der Waals surface area contributed by atoms with E-state index in [1.54, 1.807) is 6.07 Å². The monoisotopic (exact) mass is 318 g/mol. The first-order valence-corrected chi connectivity index (χ1v) is 7.98. The van der Waals surface area contributed by atoms with E-state index in [9.17, 15) is 14.7 Å². The Morgan fingerprint density at radius 2 is 1.96 bits per heavy atom. The number of carbonyl (C=O) groups is 2. The fourth-order valence-corrected chi connectivity index (χ4v) is 3.64. The van der Waals surface area contributed by atoms with Crippen molar-refractivity contribution >= 4 is 17.6 Å². The maximum absolute atomic E-state index is 11.6. The van der Waals surface area contributed by atoms with Crippen LogP contribution in [-0.2, 0) is 9.53 Å². The Morgan fingerprint density at radius 1 is 1.26 bits per heavy atom. The van der Waals surface area contributed by atoms with Crippen molar-refractivity contribution in [1.82, 2.24) is 4.90 Å². The molecular weight excluding hydrogens is 296 g/mol. The van der Waals surface area contributed by atoms with Crippen LogP contribution in [0.5, 0.6) is 0 Å². The molecule has 1 aromatic carbocycles. The fourth-order valence-electron chi connectivity index (χ4n) is 3.64. The van der Waals surface area contributed by atoms with Gasteiger partial charge in [0.25, 0.3) is 0 Å². The Balaban J connectivity index is 2.01. The van der Waals surface area contributed by atoms with Crippen molar-refractivity contribution in [3.63, 3.8) is 0 Å². The molecule has 23 heavy (non-hydrogen) atoms. The molecule has 1 amide bonds. The lowest BCUT2D eigenvalue weighted by Gasteiger charge is -2.33. The zero-order chi connectivity index (χ0) is 16.6. The number of carboxylic acid groups (broad SMARTS) is 1. The standard InChI is InChI=1S/C17H22N2O4/c1-10-7-16(19-3-5-23-6-4-19)13-8-14(17(21)22)15(9-12(10)13)18-11(2)20/h8-10,16H,3-7H2,1-2H3,(H,18,20)(H,21,22). The highest BCUT2D eigenvalue weighted by molar-refractivity contribution is 6.00. The van der Waals surface area contributed by atoms with Gasteiger partial charge in [-0.1, -0.05) is 6.92 Å². The number of hydrogen-bond donors (Lipinski definition) is 2. The Labute approximate surface area is 135 Å². The Hall–Kier alpha value is -1.92. The number of morpholine rings is 1. The summed E-state index contributed by atoms with van der Waals surface area (Å²) in [5.41, 5.74) is 2.76. The smallest absolute Gasteiger partial charge is 0.337 e. The molecule has 2 N–H and O–H groups in total. The van der Waals surface area contributed by atoms with Crippen LogP contribution < -0.4 is 5.32 Å². The van der Waals surface area contributed by atoms with Gasteiger partial charge in [-0.05, 0) is 35.6 Å². The highest BCUT2D eigenvalue weighted by Crippen LogP contribution is 2.45. The van der Waals surface area contributed by atoms with Gasteiger partial charge in [-0.2, -0.15) is 0 Å². The van der Waals surface area contributed by atoms with Crippen molar-refractivity contribution < 1.29 is 19.4 Å². The molecule has 2 aliphatic rings. The van der Waals surface area contributed by atoms with Crippen molar-refractivity contribution in [2.45, 2.75) is 32.2 Å². The van der Waals surface area contributed by atoms with Gasteiger partial charge in [0.1, 0.15) is 0 Å². The van der Waals surface area contributed by atoms with E-state index in [-0.39, 0.29) is 17.5 Å². The number of nitrogens with one attached hydrogen (secondary N) is 1. The zero-order valence-electron chi connectivity index (χ0n) is 13.5. The molecule has 1 aliphatic carbocycles. The molecule has 0 radical (unpaired) electrons. The molecule has 2 unspecified atom stereocenters. The number of hydrogen-bond acceptors (Lipinski definition) is 4. The second-order valence-corrected chi connectivity index (χ2v) is 6.31. The quantitative estimate of drug-likeness (QED) is 0.893. The van der Waals surface area contributed by atoms with Crippen LogP contribution in [0.2, 0.25) is 0 Å². The Bertz CT molecular complexity index is 638. The van der Waals surface area contributed by atoms with Crippen LogP contribution >= 0.6 is 0 Å². The summed E-state index contributed by atoms with van der Waals surface area (Å²) in [5.74, 6) is -0.937. The Morgan fingerprint density at radius 3 is 2.57 bits per heavy atom. The molecule has 0 spiro atoms. The van der Waals surface area contributed by atoms with Crippen molar-refractivity contribution in [2.24, 2.45) is 0 Å². The van der Waals surface area contributed by atoms with E-state index < -0.39 is 5.97 Å². The number of fused-ring (bicyclic) bond motifs is 1. The lowest BCUT2D eigenvalue weighted by molar-refractivity contribution is -0.114. The third kappa shape index (κ3) is 3.09. The van der Waals surface area contributed by atoms with Crippen molar-refractivity contribution in [2.75, 3.05) is 31.6 Å². The molecule has 3 rings (SSSR count). The van der Waals surface area contributed by atoms with Gasteiger partial charge in [-0.3, -0.25) is 9.69 Å². The first-order chi connectivity index (χ1) is 11.0. The van der Waals surface area contributed by atoms with Gasteiger partial charge >= 0.3 is 5.97 Å². The average molecular weight is 318 g/mol. The number of anilines is 1. The normalized spacial score (nSPS) is 24.3. The first kappa shape index (κ1) is 16.0. The SMILES string of the molecule is CC(=O)Nc1cc2c(cc1C(=O)O)C(N1CCOCC1)CC2C. The van der Waals surface area contributed by atoms with Crippen LogP contribution in [0, 0.1) is 0 Å². The molecule has 0 saturated carbocycles. The van der Waals surface area contributed by atoms with Crippen molar-refractivity contribution in [3.8, 4) is 0 Å². The molecule has 1 aromatic rings. The van der Waals surface area contributed by atoms with Gasteiger partial charge in [-0.25, -0.2) is 4.79 Å². The lowest BCUT2D eigenvalue weighted by atomic mass is 9.99. The average Bonchev–Trinajstić information content (AvgIpc) is 2.83. The third-order valence-corrected chi connectivity index (χ3v) is 4.72. The largest absolute Gasteiger partial charge is 0.478 e. The summed E-state index contributed by atoms with van der Waals surface area (Å²) in [6, 6.07) is 3.81. The van der Waals surface area contributed by atoms with Crippen LogP contribution in [-0.4, -0.2) is 48.2 Å². The summed E-state index contributed by atoms with van der Waals surface area (Å²) < 4.78 is 5.42. The van der Waals surface area contributed by atoms with Gasteiger partial charge in [0.15, 0.2) is 0 Å². The van der Waals surface area contributed by atoms with Crippen molar-refractivity contribution in [3.05, 3.63) is 28.8 Å². The molecule has 0 bridgehead atoms. The van der Waals surface area contributed by atoms with E-state index in [4.69, 9.17) is 4.74 Å². The minimum Gasteiger partial charge on any atom is -0.478 e. The summed E-state index contributed by atoms with van der Waals surface area (Å²) in [7, 11) is 0. The maximum Gasteiger partial charge on any atom is 0.337 e. The molecule has 1 saturated heterocycles. The first-order valence-electron chi connectivity index (χ1n) is 7.98. The predicted octanol–water partition coefficient (Wildman–Crippen LogP) is 2.22. The van der Waals surface area contributed by atoms with Crippen LogP contribution in [0.15, 0.2) is 12.1 Å². The molecule has 1 fully saturated rings. The lowest BCUT2D eigenvalue weighted by Crippen LogP contribution is -2.38. The van der Waals surface area contributed by atoms with E-state index in [1.165, 1.54) is 6.92 Å². The van der Waals surface area contributed by atoms with Gasteiger partial charge in [0.2, 0.25) is 5.91 Å². The number of nitrogens with zero attached hydrogens (tertiary/aromatic N) is 1. The van der Waals surface area contributed by atoms with Crippen LogP contribution in [0.1, 0.15) is 53.7 Å². The minimum absolute atomic E-state index is 0.159. The number of ether oxygens (including phenoxy) is 1. The van der Waals surface area contributed by atoms with Crippen molar-refractivity contribution in [1.29, 1.82) is 0 Å². The maximum atomic E-state index is 11.6.